The highest BCUT2D eigenvalue weighted by Crippen LogP contribution is 2.50. The largest absolute Gasteiger partial charge is 0.392 e. The molecule has 0 unspecified atom stereocenters. The van der Waals surface area contributed by atoms with Gasteiger partial charge in [0.1, 0.15) is 5.82 Å². The summed E-state index contributed by atoms with van der Waals surface area (Å²) in [6.45, 7) is 0.966. The van der Waals surface area contributed by atoms with Crippen molar-refractivity contribution in [3.05, 3.63) is 48.2 Å². The number of hydrogen-bond donors (Lipinski definition) is 3. The van der Waals surface area contributed by atoms with Crippen LogP contribution in [0.5, 0.6) is 0 Å². The minimum absolute atomic E-state index is 0.222. The van der Waals surface area contributed by atoms with Gasteiger partial charge in [-0.25, -0.2) is 4.98 Å². The fraction of sp³-hybridized carbons (Fsp3) is 0.654. The van der Waals surface area contributed by atoms with Crippen molar-refractivity contribution in [1.82, 2.24) is 4.98 Å². The monoisotopic (exact) mass is 410 g/mol. The first kappa shape index (κ1) is 21.6. The van der Waals surface area contributed by atoms with E-state index in [2.05, 4.69) is 22.5 Å². The summed E-state index contributed by atoms with van der Waals surface area (Å²) in [6.07, 6.45) is 19.4. The Morgan fingerprint density at radius 3 is 2.83 bits per heavy atom. The van der Waals surface area contributed by atoms with Crippen molar-refractivity contribution in [2.45, 2.75) is 76.4 Å². The number of fused-ring (bicyclic) bond motifs is 1. The standard InChI is InChI=1S/C26H38N2O2/c29-24(20-9-3-4-10-20)13-12-22-23-17-19(16-21(23)18-25(22)30)8-2-1-6-14-27-26-11-5-7-15-28-26/h5,7-8,11-13,15,20-25,29-30H,1-4,6,9-10,14,16-18H2,(H,27,28)/b13-12+,19-8+/t21-,22+,23-,24+,25+/m0/s1. The molecular weight excluding hydrogens is 372 g/mol. The van der Waals surface area contributed by atoms with Crippen LogP contribution < -0.4 is 5.32 Å². The number of nitrogens with one attached hydrogen (secondary N) is 1. The zero-order valence-electron chi connectivity index (χ0n) is 18.1. The SMILES string of the molecule is O[C@H](/C=C/[C@@H]1[C@H]2C/C(=C/CCCCNc3ccccn3)C[C@H]2C[C@H]1O)C1CCCC1. The molecule has 30 heavy (non-hydrogen) atoms. The number of pyridine rings is 1. The van der Waals surface area contributed by atoms with E-state index in [-0.39, 0.29) is 18.1 Å². The average molecular weight is 411 g/mol. The lowest BCUT2D eigenvalue weighted by Crippen LogP contribution is -2.19. The lowest BCUT2D eigenvalue weighted by atomic mass is 9.89. The first-order valence-corrected chi connectivity index (χ1v) is 12.1. The van der Waals surface area contributed by atoms with Crippen LogP contribution in [0.2, 0.25) is 0 Å². The third kappa shape index (κ3) is 5.53. The van der Waals surface area contributed by atoms with Gasteiger partial charge >= 0.3 is 0 Å². The van der Waals surface area contributed by atoms with E-state index in [1.807, 2.05) is 30.5 Å². The average Bonchev–Trinajstić information content (AvgIpc) is 3.47. The Labute approximate surface area is 181 Å². The molecule has 0 spiro atoms. The molecule has 3 saturated carbocycles. The summed E-state index contributed by atoms with van der Waals surface area (Å²) in [7, 11) is 0. The Balaban J connectivity index is 1.19. The van der Waals surface area contributed by atoms with Gasteiger partial charge in [0, 0.05) is 18.7 Å². The molecule has 5 atom stereocenters. The fourth-order valence-corrected chi connectivity index (χ4v) is 5.90. The normalized spacial score (nSPS) is 31.6. The molecule has 0 radical (unpaired) electrons. The summed E-state index contributed by atoms with van der Waals surface area (Å²) < 4.78 is 0. The van der Waals surface area contributed by atoms with Crippen LogP contribution in [-0.2, 0) is 0 Å². The Bertz CT molecular complexity index is 711. The summed E-state index contributed by atoms with van der Waals surface area (Å²) in [5.41, 5.74) is 1.59. The van der Waals surface area contributed by atoms with Crippen molar-refractivity contribution in [3.63, 3.8) is 0 Å². The number of aliphatic hydroxyl groups excluding tert-OH is 2. The second-order valence-corrected chi connectivity index (χ2v) is 9.63. The number of unbranched alkanes of at least 4 members (excludes halogenated alkanes) is 2. The number of hydrogen-bond acceptors (Lipinski definition) is 4. The second kappa shape index (κ2) is 10.6. The molecule has 3 aliphatic rings. The van der Waals surface area contributed by atoms with E-state index in [9.17, 15) is 10.2 Å². The maximum absolute atomic E-state index is 10.6. The lowest BCUT2D eigenvalue weighted by molar-refractivity contribution is 0.135. The van der Waals surface area contributed by atoms with Gasteiger partial charge in [0.15, 0.2) is 0 Å². The minimum atomic E-state index is -0.324. The molecule has 4 heteroatoms. The van der Waals surface area contributed by atoms with Gasteiger partial charge in [-0.05, 0) is 81.3 Å². The second-order valence-electron chi connectivity index (χ2n) is 9.63. The number of allylic oxidation sites excluding steroid dienone is 2. The molecule has 164 valence electrons. The van der Waals surface area contributed by atoms with Crippen LogP contribution in [0.4, 0.5) is 5.82 Å². The van der Waals surface area contributed by atoms with E-state index in [0.29, 0.717) is 17.8 Å². The van der Waals surface area contributed by atoms with Gasteiger partial charge in [-0.3, -0.25) is 0 Å². The molecular formula is C26H38N2O2. The Morgan fingerprint density at radius 1 is 1.17 bits per heavy atom. The van der Waals surface area contributed by atoms with Crippen LogP contribution in [0.15, 0.2) is 48.2 Å². The molecule has 1 aromatic rings. The van der Waals surface area contributed by atoms with Crippen LogP contribution in [-0.4, -0.2) is 33.9 Å². The lowest BCUT2D eigenvalue weighted by Gasteiger charge is -2.19. The molecule has 4 rings (SSSR count). The third-order valence-electron chi connectivity index (χ3n) is 7.56. The van der Waals surface area contributed by atoms with Crippen molar-refractivity contribution >= 4 is 5.82 Å². The van der Waals surface area contributed by atoms with E-state index in [0.717, 1.165) is 57.3 Å². The van der Waals surface area contributed by atoms with Gasteiger partial charge < -0.3 is 15.5 Å². The Kier molecular flexibility index (Phi) is 7.62. The minimum Gasteiger partial charge on any atom is -0.392 e. The first-order chi connectivity index (χ1) is 14.7. The van der Waals surface area contributed by atoms with Crippen molar-refractivity contribution in [1.29, 1.82) is 0 Å². The van der Waals surface area contributed by atoms with Gasteiger partial charge in [0.2, 0.25) is 0 Å². The van der Waals surface area contributed by atoms with Gasteiger partial charge in [0.25, 0.3) is 0 Å². The highest BCUT2D eigenvalue weighted by Gasteiger charge is 2.45. The number of nitrogens with zero attached hydrogens (tertiary/aromatic N) is 1. The molecule has 0 saturated heterocycles. The van der Waals surface area contributed by atoms with E-state index >= 15 is 0 Å². The summed E-state index contributed by atoms with van der Waals surface area (Å²) >= 11 is 0. The van der Waals surface area contributed by atoms with Crippen LogP contribution in [0.25, 0.3) is 0 Å². The molecule has 0 bridgehead atoms. The number of aromatic nitrogens is 1. The van der Waals surface area contributed by atoms with Crippen LogP contribution in [0, 0.1) is 23.7 Å². The quantitative estimate of drug-likeness (QED) is 0.391. The van der Waals surface area contributed by atoms with Crippen LogP contribution in [0.1, 0.15) is 64.2 Å². The molecule has 0 aromatic carbocycles. The highest BCUT2D eigenvalue weighted by molar-refractivity contribution is 5.32. The van der Waals surface area contributed by atoms with Crippen LogP contribution >= 0.6 is 0 Å². The first-order valence-electron chi connectivity index (χ1n) is 12.1. The predicted molar refractivity (Wildman–Crippen MR) is 122 cm³/mol. The van der Waals surface area contributed by atoms with Crippen LogP contribution in [0.3, 0.4) is 0 Å². The number of anilines is 1. The topological polar surface area (TPSA) is 65.4 Å². The van der Waals surface area contributed by atoms with E-state index in [1.54, 1.807) is 5.57 Å². The summed E-state index contributed by atoms with van der Waals surface area (Å²) in [4.78, 5) is 4.29. The fourth-order valence-electron chi connectivity index (χ4n) is 5.90. The zero-order valence-corrected chi connectivity index (χ0v) is 18.1. The van der Waals surface area contributed by atoms with E-state index in [1.165, 1.54) is 19.3 Å². The van der Waals surface area contributed by atoms with Crippen molar-refractivity contribution in [2.75, 3.05) is 11.9 Å². The Morgan fingerprint density at radius 2 is 2.03 bits per heavy atom. The van der Waals surface area contributed by atoms with Gasteiger partial charge in [0.05, 0.1) is 12.2 Å². The third-order valence-corrected chi connectivity index (χ3v) is 7.56. The Hall–Kier alpha value is -1.65. The zero-order chi connectivity index (χ0) is 20.8. The molecule has 3 aliphatic carbocycles. The highest BCUT2D eigenvalue weighted by atomic mass is 16.3. The van der Waals surface area contributed by atoms with Crippen molar-refractivity contribution in [2.24, 2.45) is 23.7 Å². The maximum atomic E-state index is 10.6. The maximum Gasteiger partial charge on any atom is 0.125 e. The molecule has 3 fully saturated rings. The molecule has 0 aliphatic heterocycles. The van der Waals surface area contributed by atoms with Gasteiger partial charge in [-0.2, -0.15) is 0 Å². The predicted octanol–water partition coefficient (Wildman–Crippen LogP) is 5.10. The van der Waals surface area contributed by atoms with Gasteiger partial charge in [-0.1, -0.05) is 42.7 Å². The number of aliphatic hydroxyl groups is 2. The van der Waals surface area contributed by atoms with E-state index in [4.69, 9.17) is 0 Å². The molecule has 4 nitrogen and oxygen atoms in total. The van der Waals surface area contributed by atoms with Crippen molar-refractivity contribution in [3.8, 4) is 0 Å². The summed E-state index contributed by atoms with van der Waals surface area (Å²) in [5.74, 6) is 2.79. The molecule has 3 N–H and O–H groups in total. The summed E-state index contributed by atoms with van der Waals surface area (Å²) in [5, 5.41) is 24.4. The summed E-state index contributed by atoms with van der Waals surface area (Å²) in [6, 6.07) is 5.95. The molecule has 1 aromatic heterocycles. The van der Waals surface area contributed by atoms with Crippen molar-refractivity contribution < 1.29 is 10.2 Å². The number of rotatable bonds is 9. The van der Waals surface area contributed by atoms with E-state index < -0.39 is 0 Å². The molecule has 1 heterocycles. The smallest absolute Gasteiger partial charge is 0.125 e. The van der Waals surface area contributed by atoms with Gasteiger partial charge in [-0.15, -0.1) is 0 Å². The molecule has 0 amide bonds.